The van der Waals surface area contributed by atoms with Gasteiger partial charge in [-0.3, -0.25) is 9.59 Å². The molecule has 1 aromatic rings. The van der Waals surface area contributed by atoms with Crippen molar-refractivity contribution in [2.45, 2.75) is 31.2 Å². The normalized spacial score (nSPS) is 23.7. The Bertz CT molecular complexity index is 580. The van der Waals surface area contributed by atoms with Crippen molar-refractivity contribution in [2.24, 2.45) is 5.92 Å². The molecule has 0 heterocycles. The summed E-state index contributed by atoms with van der Waals surface area (Å²) < 4.78 is 27.4. The largest absolute Gasteiger partial charge is 0.480 e. The third-order valence-corrected chi connectivity index (χ3v) is 4.05. The smallest absolute Gasteiger partial charge is 0.323 e. The Hall–Kier alpha value is -1.98. The summed E-state index contributed by atoms with van der Waals surface area (Å²) >= 11 is 0. The lowest BCUT2D eigenvalue weighted by Gasteiger charge is -2.20. The van der Waals surface area contributed by atoms with Gasteiger partial charge in [-0.05, 0) is 31.4 Å². The van der Waals surface area contributed by atoms with E-state index in [2.05, 4.69) is 0 Å². The molecule has 1 aromatic carbocycles. The minimum Gasteiger partial charge on any atom is -0.480 e. The van der Waals surface area contributed by atoms with Crippen LogP contribution in [0.4, 0.5) is 8.78 Å². The zero-order valence-corrected chi connectivity index (χ0v) is 11.3. The van der Waals surface area contributed by atoms with Gasteiger partial charge in [0, 0.05) is 23.4 Å². The van der Waals surface area contributed by atoms with E-state index < -0.39 is 29.4 Å². The van der Waals surface area contributed by atoms with E-state index in [-0.39, 0.29) is 24.1 Å². The minimum absolute atomic E-state index is 0.0275. The van der Waals surface area contributed by atoms with E-state index in [1.54, 1.807) is 0 Å². The van der Waals surface area contributed by atoms with Gasteiger partial charge in [0.15, 0.2) is 0 Å². The van der Waals surface area contributed by atoms with Gasteiger partial charge in [0.2, 0.25) is 5.91 Å². The molecule has 1 amide bonds. The van der Waals surface area contributed by atoms with Gasteiger partial charge in [0.1, 0.15) is 18.2 Å². The molecule has 0 saturated heterocycles. The van der Waals surface area contributed by atoms with Crippen LogP contribution in [0.1, 0.15) is 30.7 Å². The molecule has 0 aliphatic heterocycles. The molecule has 0 aromatic heterocycles. The second-order valence-corrected chi connectivity index (χ2v) is 5.68. The molecule has 21 heavy (non-hydrogen) atoms. The lowest BCUT2D eigenvalue weighted by Crippen LogP contribution is -2.38. The zero-order chi connectivity index (χ0) is 15.1. The highest BCUT2D eigenvalue weighted by molar-refractivity contribution is 5.86. The highest BCUT2D eigenvalue weighted by atomic mass is 19.1. The van der Waals surface area contributed by atoms with E-state index in [1.807, 2.05) is 0 Å². The zero-order valence-electron chi connectivity index (χ0n) is 11.3. The standard InChI is InChI=1S/C15H15F2NO3/c16-11-2-1-3-12(17)14(11)9-6-10(9)15(21)18(7-13(19)20)8-4-5-8/h1-3,8-10H,4-7H2,(H,19,20)/t9-,10-/m1/s1. The predicted molar refractivity (Wildman–Crippen MR) is 69.6 cm³/mol. The maximum absolute atomic E-state index is 13.7. The quantitative estimate of drug-likeness (QED) is 0.905. The number of nitrogens with zero attached hydrogens (tertiary/aromatic N) is 1. The second-order valence-electron chi connectivity index (χ2n) is 5.68. The number of carbonyl (C=O) groups is 2. The van der Waals surface area contributed by atoms with Crippen molar-refractivity contribution in [3.8, 4) is 0 Å². The van der Waals surface area contributed by atoms with Crippen LogP contribution in [-0.2, 0) is 9.59 Å². The number of carboxylic acids is 1. The molecule has 0 unspecified atom stereocenters. The molecule has 0 spiro atoms. The Morgan fingerprint density at radius 1 is 1.24 bits per heavy atom. The Morgan fingerprint density at radius 3 is 2.38 bits per heavy atom. The number of halogens is 2. The molecule has 0 radical (unpaired) electrons. The van der Waals surface area contributed by atoms with Crippen LogP contribution in [0.2, 0.25) is 0 Å². The number of rotatable bonds is 5. The summed E-state index contributed by atoms with van der Waals surface area (Å²) in [5, 5.41) is 8.87. The van der Waals surface area contributed by atoms with E-state index in [0.29, 0.717) is 6.42 Å². The number of hydrogen-bond donors (Lipinski definition) is 1. The first-order valence-electron chi connectivity index (χ1n) is 6.95. The average molecular weight is 295 g/mol. The van der Waals surface area contributed by atoms with Gasteiger partial charge in [0.25, 0.3) is 0 Å². The maximum Gasteiger partial charge on any atom is 0.323 e. The summed E-state index contributed by atoms with van der Waals surface area (Å²) in [7, 11) is 0. The van der Waals surface area contributed by atoms with Crippen molar-refractivity contribution in [1.29, 1.82) is 0 Å². The Kier molecular flexibility index (Phi) is 3.39. The summed E-state index contributed by atoms with van der Waals surface area (Å²) in [6.45, 7) is -0.341. The second kappa shape index (κ2) is 5.09. The van der Waals surface area contributed by atoms with E-state index in [4.69, 9.17) is 5.11 Å². The van der Waals surface area contributed by atoms with Crippen molar-refractivity contribution in [1.82, 2.24) is 4.90 Å². The Labute approximate surface area is 120 Å². The van der Waals surface area contributed by atoms with E-state index >= 15 is 0 Å². The van der Waals surface area contributed by atoms with Gasteiger partial charge in [-0.15, -0.1) is 0 Å². The van der Waals surface area contributed by atoms with Gasteiger partial charge >= 0.3 is 5.97 Å². The molecule has 2 aliphatic carbocycles. The third kappa shape index (κ3) is 2.75. The van der Waals surface area contributed by atoms with Crippen LogP contribution in [0.3, 0.4) is 0 Å². The highest BCUT2D eigenvalue weighted by Gasteiger charge is 2.50. The fourth-order valence-electron chi connectivity index (χ4n) is 2.78. The van der Waals surface area contributed by atoms with Crippen LogP contribution < -0.4 is 0 Å². The number of benzene rings is 1. The van der Waals surface area contributed by atoms with Gasteiger partial charge in [-0.25, -0.2) is 8.78 Å². The van der Waals surface area contributed by atoms with Crippen molar-refractivity contribution in [2.75, 3.05) is 6.54 Å². The van der Waals surface area contributed by atoms with Crippen LogP contribution in [0.25, 0.3) is 0 Å². The first-order valence-corrected chi connectivity index (χ1v) is 6.95. The molecule has 2 aliphatic rings. The van der Waals surface area contributed by atoms with E-state index in [0.717, 1.165) is 12.8 Å². The van der Waals surface area contributed by atoms with E-state index in [9.17, 15) is 18.4 Å². The van der Waals surface area contributed by atoms with Crippen LogP contribution in [0.15, 0.2) is 18.2 Å². The van der Waals surface area contributed by atoms with Crippen molar-refractivity contribution in [3.05, 3.63) is 35.4 Å². The number of carboxylic acid groups (broad SMARTS) is 1. The molecule has 1 N–H and O–H groups in total. The van der Waals surface area contributed by atoms with Gasteiger partial charge in [-0.1, -0.05) is 6.07 Å². The first-order chi connectivity index (χ1) is 9.99. The molecule has 3 rings (SSSR count). The Balaban J connectivity index is 1.74. The summed E-state index contributed by atoms with van der Waals surface area (Å²) in [4.78, 5) is 24.5. The molecule has 0 bridgehead atoms. The van der Waals surface area contributed by atoms with Gasteiger partial charge < -0.3 is 10.0 Å². The predicted octanol–water partition coefficient (Wildman–Crippen LogP) is 2.14. The molecular formula is C15H15F2NO3. The van der Waals surface area contributed by atoms with Crippen molar-refractivity contribution in [3.63, 3.8) is 0 Å². The summed E-state index contributed by atoms with van der Waals surface area (Å²) in [5.41, 5.74) is -0.0538. The molecule has 6 heteroatoms. The molecule has 112 valence electrons. The van der Waals surface area contributed by atoms with Crippen LogP contribution in [0, 0.1) is 17.6 Å². The fourth-order valence-corrected chi connectivity index (χ4v) is 2.78. The third-order valence-electron chi connectivity index (χ3n) is 4.05. The number of carbonyl (C=O) groups excluding carboxylic acids is 1. The lowest BCUT2D eigenvalue weighted by molar-refractivity contribution is -0.145. The van der Waals surface area contributed by atoms with Gasteiger partial charge in [-0.2, -0.15) is 0 Å². The van der Waals surface area contributed by atoms with Crippen molar-refractivity contribution < 1.29 is 23.5 Å². The number of hydrogen-bond acceptors (Lipinski definition) is 2. The number of amides is 1. The molecular weight excluding hydrogens is 280 g/mol. The SMILES string of the molecule is O=C(O)CN(C(=O)[C@@H]1C[C@H]1c1c(F)cccc1F)C1CC1. The summed E-state index contributed by atoms with van der Waals surface area (Å²) in [5.74, 6) is -3.64. The molecule has 4 nitrogen and oxygen atoms in total. The number of aliphatic carboxylic acids is 1. The summed E-state index contributed by atoms with van der Waals surface area (Å²) in [6.07, 6.45) is 1.97. The summed E-state index contributed by atoms with van der Waals surface area (Å²) in [6, 6.07) is 3.61. The van der Waals surface area contributed by atoms with Crippen molar-refractivity contribution >= 4 is 11.9 Å². The van der Waals surface area contributed by atoms with Crippen LogP contribution in [-0.4, -0.2) is 34.5 Å². The van der Waals surface area contributed by atoms with Crippen LogP contribution >= 0.6 is 0 Å². The Morgan fingerprint density at radius 2 is 1.86 bits per heavy atom. The maximum atomic E-state index is 13.7. The van der Waals surface area contributed by atoms with Gasteiger partial charge in [0.05, 0.1) is 0 Å². The monoisotopic (exact) mass is 295 g/mol. The first kappa shape index (κ1) is 14.0. The van der Waals surface area contributed by atoms with Crippen LogP contribution in [0.5, 0.6) is 0 Å². The van der Waals surface area contributed by atoms with E-state index in [1.165, 1.54) is 23.1 Å². The molecule has 2 fully saturated rings. The fraction of sp³-hybridized carbons (Fsp3) is 0.467. The highest BCUT2D eigenvalue weighted by Crippen LogP contribution is 2.50. The average Bonchev–Trinajstić information content (AvgIpc) is 3.28. The minimum atomic E-state index is -1.07. The molecule has 2 atom stereocenters. The topological polar surface area (TPSA) is 57.6 Å². The molecule has 2 saturated carbocycles. The lowest BCUT2D eigenvalue weighted by atomic mass is 10.1.